The van der Waals surface area contributed by atoms with Crippen molar-refractivity contribution in [2.24, 2.45) is 0 Å². The van der Waals surface area contributed by atoms with Crippen LogP contribution in [0.5, 0.6) is 0 Å². The predicted molar refractivity (Wildman–Crippen MR) is 90.8 cm³/mol. The average molecular weight is 389 g/mol. The number of amides is 1. The Balaban J connectivity index is 2.31. The van der Waals surface area contributed by atoms with Gasteiger partial charge in [0.25, 0.3) is 16.0 Å². The maximum atomic E-state index is 12.5. The van der Waals surface area contributed by atoms with Gasteiger partial charge in [0.2, 0.25) is 0 Å². The Hall–Kier alpha value is -1.56. The van der Waals surface area contributed by atoms with Crippen molar-refractivity contribution in [1.29, 1.82) is 0 Å². The van der Waals surface area contributed by atoms with Crippen molar-refractivity contribution in [2.45, 2.75) is 37.6 Å². The molecule has 0 spiro atoms. The Labute approximate surface area is 152 Å². The van der Waals surface area contributed by atoms with Crippen molar-refractivity contribution in [3.63, 3.8) is 0 Å². The molecule has 1 aromatic carbocycles. The third-order valence-electron chi connectivity index (χ3n) is 3.80. The Morgan fingerprint density at radius 2 is 1.96 bits per heavy atom. The first-order chi connectivity index (χ1) is 12.3. The lowest BCUT2D eigenvalue weighted by atomic mass is 9.96. The second-order valence-electron chi connectivity index (χ2n) is 5.80. The zero-order chi connectivity index (χ0) is 19.3. The minimum atomic E-state index is -3.96. The molecule has 1 amide bonds. The fourth-order valence-corrected chi connectivity index (χ4v) is 3.30. The monoisotopic (exact) mass is 389 g/mol. The Kier molecular flexibility index (Phi) is 7.09. The van der Waals surface area contributed by atoms with Gasteiger partial charge in [-0.3, -0.25) is 8.98 Å². The number of nitrogens with one attached hydrogen (secondary N) is 1. The van der Waals surface area contributed by atoms with Crippen molar-refractivity contribution in [2.75, 3.05) is 19.5 Å². The van der Waals surface area contributed by atoms with E-state index in [0.29, 0.717) is 5.56 Å². The number of rotatable bonds is 7. The normalized spacial score (nSPS) is 29.3. The van der Waals surface area contributed by atoms with Crippen LogP contribution < -0.4 is 5.32 Å². The molecule has 1 aliphatic heterocycles. The van der Waals surface area contributed by atoms with E-state index in [2.05, 4.69) is 5.32 Å². The highest BCUT2D eigenvalue weighted by atomic mass is 32.2. The highest BCUT2D eigenvalue weighted by Crippen LogP contribution is 2.26. The van der Waals surface area contributed by atoms with Crippen LogP contribution in [0, 0.1) is 0 Å². The summed E-state index contributed by atoms with van der Waals surface area (Å²) in [4.78, 5) is 12.5. The van der Waals surface area contributed by atoms with Gasteiger partial charge in [0.1, 0.15) is 24.4 Å². The number of hydrogen-bond acceptors (Lipinski definition) is 8. The number of carbonyl (C=O) groups is 1. The minimum Gasteiger partial charge on any atom is -0.394 e. The third-order valence-corrected chi connectivity index (χ3v) is 4.38. The second kappa shape index (κ2) is 8.89. The van der Waals surface area contributed by atoms with Crippen LogP contribution in [-0.2, 0) is 23.8 Å². The van der Waals surface area contributed by atoms with Gasteiger partial charge in [0.05, 0.1) is 12.9 Å². The molecule has 1 saturated heterocycles. The molecule has 10 heteroatoms. The van der Waals surface area contributed by atoms with Gasteiger partial charge >= 0.3 is 0 Å². The molecule has 1 heterocycles. The zero-order valence-electron chi connectivity index (χ0n) is 14.4. The Bertz CT molecular complexity index is 695. The maximum absolute atomic E-state index is 12.5. The van der Waals surface area contributed by atoms with Crippen molar-refractivity contribution >= 4 is 16.0 Å². The van der Waals surface area contributed by atoms with Crippen molar-refractivity contribution in [3.05, 3.63) is 35.9 Å². The average Bonchev–Trinajstić information content (AvgIpc) is 2.60. The van der Waals surface area contributed by atoms with E-state index in [-0.39, 0.29) is 6.61 Å². The smallest absolute Gasteiger partial charge is 0.264 e. The first-order valence-electron chi connectivity index (χ1n) is 8.07. The summed E-state index contributed by atoms with van der Waals surface area (Å²) < 4.78 is 39.1. The van der Waals surface area contributed by atoms with Crippen LogP contribution in [-0.4, -0.2) is 74.7 Å². The first-order valence-corrected chi connectivity index (χ1v) is 9.88. The van der Waals surface area contributed by atoms with E-state index in [1.165, 1.54) is 0 Å². The summed E-state index contributed by atoms with van der Waals surface area (Å²) in [7, 11) is -3.96. The molecule has 26 heavy (non-hydrogen) atoms. The molecular formula is C16H23NO8S. The highest BCUT2D eigenvalue weighted by molar-refractivity contribution is 7.86. The van der Waals surface area contributed by atoms with Gasteiger partial charge < -0.3 is 25.0 Å². The van der Waals surface area contributed by atoms with E-state index < -0.39 is 53.3 Å². The lowest BCUT2D eigenvalue weighted by molar-refractivity contribution is -0.263. The summed E-state index contributed by atoms with van der Waals surface area (Å²) in [5.41, 5.74) is 0.333. The van der Waals surface area contributed by atoms with E-state index in [0.717, 1.165) is 6.26 Å². The standard InChI is InChI=1S/C16H23NO8S/c1-3-23-16-12(17-15(20)10-7-5-4-6-8-10)14(25-26(2,21)22)13(19)11(9-18)24-16/h4-8,11-14,16,18-19H,3,9H2,1-2H3,(H,17,20)/t11-,12+,13+,14+,16-/m1/s1. The fraction of sp³-hybridized carbons (Fsp3) is 0.562. The van der Waals surface area contributed by atoms with Gasteiger partial charge in [-0.15, -0.1) is 0 Å². The van der Waals surface area contributed by atoms with Crippen LogP contribution in [0.15, 0.2) is 30.3 Å². The summed E-state index contributed by atoms with van der Waals surface area (Å²) in [6, 6.07) is 7.13. The molecule has 0 aromatic heterocycles. The predicted octanol–water partition coefficient (Wildman–Crippen LogP) is -0.756. The van der Waals surface area contributed by atoms with Gasteiger partial charge in [0, 0.05) is 12.2 Å². The molecule has 0 radical (unpaired) electrons. The van der Waals surface area contributed by atoms with Gasteiger partial charge in [0.15, 0.2) is 6.29 Å². The Morgan fingerprint density at radius 1 is 1.31 bits per heavy atom. The molecule has 1 aromatic rings. The lowest BCUT2D eigenvalue weighted by Gasteiger charge is -2.43. The number of hydrogen-bond donors (Lipinski definition) is 3. The molecule has 5 atom stereocenters. The van der Waals surface area contributed by atoms with Gasteiger partial charge in [-0.05, 0) is 19.1 Å². The minimum absolute atomic E-state index is 0.197. The van der Waals surface area contributed by atoms with Gasteiger partial charge in [-0.25, -0.2) is 0 Å². The third kappa shape index (κ3) is 5.22. The van der Waals surface area contributed by atoms with E-state index in [1.54, 1.807) is 37.3 Å². The molecule has 9 nitrogen and oxygen atoms in total. The summed E-state index contributed by atoms with van der Waals surface area (Å²) in [5.74, 6) is -0.513. The summed E-state index contributed by atoms with van der Waals surface area (Å²) in [5, 5.41) is 22.3. The number of benzene rings is 1. The molecule has 3 N–H and O–H groups in total. The van der Waals surface area contributed by atoms with Crippen molar-refractivity contribution in [1.82, 2.24) is 5.32 Å². The first kappa shape index (κ1) is 20.7. The number of aliphatic hydroxyl groups excluding tert-OH is 2. The maximum Gasteiger partial charge on any atom is 0.264 e. The second-order valence-corrected chi connectivity index (χ2v) is 7.40. The topological polar surface area (TPSA) is 131 Å². The molecule has 0 unspecified atom stereocenters. The zero-order valence-corrected chi connectivity index (χ0v) is 15.3. The summed E-state index contributed by atoms with van der Waals surface area (Å²) in [6.07, 6.45) is -4.29. The van der Waals surface area contributed by atoms with E-state index >= 15 is 0 Å². The molecular weight excluding hydrogens is 366 g/mol. The molecule has 2 rings (SSSR count). The quantitative estimate of drug-likeness (QED) is 0.519. The van der Waals surface area contributed by atoms with E-state index in [4.69, 9.17) is 13.7 Å². The molecule has 0 aliphatic carbocycles. The molecule has 146 valence electrons. The van der Waals surface area contributed by atoms with Crippen LogP contribution in [0.3, 0.4) is 0 Å². The summed E-state index contributed by atoms with van der Waals surface area (Å²) in [6.45, 7) is 1.31. The molecule has 0 saturated carbocycles. The number of ether oxygens (including phenoxy) is 2. The number of aliphatic hydroxyl groups is 2. The van der Waals surface area contributed by atoms with Crippen molar-refractivity contribution < 1.29 is 37.1 Å². The van der Waals surface area contributed by atoms with Crippen LogP contribution in [0.1, 0.15) is 17.3 Å². The van der Waals surface area contributed by atoms with Crippen LogP contribution in [0.2, 0.25) is 0 Å². The van der Waals surface area contributed by atoms with Crippen LogP contribution >= 0.6 is 0 Å². The van der Waals surface area contributed by atoms with Crippen LogP contribution in [0.25, 0.3) is 0 Å². The highest BCUT2D eigenvalue weighted by Gasteiger charge is 2.48. The van der Waals surface area contributed by atoms with Gasteiger partial charge in [-0.2, -0.15) is 8.42 Å². The number of carbonyl (C=O) groups excluding carboxylic acids is 1. The summed E-state index contributed by atoms with van der Waals surface area (Å²) >= 11 is 0. The largest absolute Gasteiger partial charge is 0.394 e. The molecule has 0 bridgehead atoms. The van der Waals surface area contributed by atoms with E-state index in [9.17, 15) is 23.4 Å². The molecule has 1 aliphatic rings. The van der Waals surface area contributed by atoms with Crippen molar-refractivity contribution in [3.8, 4) is 0 Å². The van der Waals surface area contributed by atoms with Crippen LogP contribution in [0.4, 0.5) is 0 Å². The SMILES string of the molecule is CCO[C@@H]1O[C@H](CO)[C@H](O)[C@@H](OS(C)(=O)=O)[C@@H]1NC(=O)c1ccccc1. The van der Waals surface area contributed by atoms with Gasteiger partial charge in [-0.1, -0.05) is 18.2 Å². The van der Waals surface area contributed by atoms with E-state index in [1.807, 2.05) is 0 Å². The fourth-order valence-electron chi connectivity index (χ4n) is 2.67. The Morgan fingerprint density at radius 3 is 2.50 bits per heavy atom. The molecule has 1 fully saturated rings. The lowest BCUT2D eigenvalue weighted by Crippen LogP contribution is -2.65.